The maximum atomic E-state index is 12.0. The lowest BCUT2D eigenvalue weighted by Crippen LogP contribution is -2.13. The van der Waals surface area contributed by atoms with Crippen LogP contribution in [-0.2, 0) is 15.8 Å². The molecule has 0 saturated heterocycles. The van der Waals surface area contributed by atoms with Gasteiger partial charge in [0.15, 0.2) is 17.5 Å². The minimum Gasteiger partial charge on any atom is -0.423 e. The molecule has 10 nitrogen and oxygen atoms in total. The van der Waals surface area contributed by atoms with Crippen molar-refractivity contribution in [3.63, 3.8) is 0 Å². The Morgan fingerprint density at radius 2 is 2.08 bits per heavy atom. The van der Waals surface area contributed by atoms with E-state index in [2.05, 4.69) is 15.0 Å². The molecule has 0 bridgehead atoms. The number of imidazole rings is 1. The monoisotopic (exact) mass is 365 g/mol. The summed E-state index contributed by atoms with van der Waals surface area (Å²) in [5, 5.41) is 0. The number of benzene rings is 1. The Morgan fingerprint density at radius 1 is 1.32 bits per heavy atom. The van der Waals surface area contributed by atoms with Crippen LogP contribution in [-0.4, -0.2) is 37.4 Å². The first-order chi connectivity index (χ1) is 11.9. The van der Waals surface area contributed by atoms with Crippen LogP contribution in [0.15, 0.2) is 41.5 Å². The van der Waals surface area contributed by atoms with Gasteiger partial charge in [-0.1, -0.05) is 18.2 Å². The van der Waals surface area contributed by atoms with Crippen molar-refractivity contribution in [2.45, 2.75) is 6.54 Å². The number of ether oxygens (including phenoxy) is 1. The number of aromatic amines is 1. The van der Waals surface area contributed by atoms with Crippen molar-refractivity contribution < 1.29 is 18.7 Å². The van der Waals surface area contributed by atoms with Gasteiger partial charge in [0.05, 0.1) is 12.9 Å². The summed E-state index contributed by atoms with van der Waals surface area (Å²) in [6, 6.07) is 8.32. The maximum absolute atomic E-state index is 12.0. The SMILES string of the molecule is Nc1nc2c(ncn2CCOCP(=O)(O)Oc2ccccc2)c(=O)[nH]1. The fourth-order valence-corrected chi connectivity index (χ4v) is 3.01. The average molecular weight is 365 g/mol. The van der Waals surface area contributed by atoms with Crippen molar-refractivity contribution in [2.75, 3.05) is 18.7 Å². The van der Waals surface area contributed by atoms with Gasteiger partial charge in [-0.15, -0.1) is 0 Å². The van der Waals surface area contributed by atoms with Crippen LogP contribution in [0.2, 0.25) is 0 Å². The zero-order valence-electron chi connectivity index (χ0n) is 13.0. The lowest BCUT2D eigenvalue weighted by Gasteiger charge is -2.13. The number of anilines is 1. The molecular weight excluding hydrogens is 349 g/mol. The minimum atomic E-state index is -3.92. The van der Waals surface area contributed by atoms with Crippen molar-refractivity contribution in [1.29, 1.82) is 0 Å². The van der Waals surface area contributed by atoms with E-state index >= 15 is 0 Å². The molecule has 2 aromatic heterocycles. The molecule has 1 atom stereocenters. The largest absolute Gasteiger partial charge is 0.423 e. The van der Waals surface area contributed by atoms with E-state index in [1.807, 2.05) is 0 Å². The quantitative estimate of drug-likeness (QED) is 0.414. The van der Waals surface area contributed by atoms with Gasteiger partial charge < -0.3 is 24.5 Å². The Balaban J connectivity index is 1.57. The van der Waals surface area contributed by atoms with Crippen LogP contribution in [0.3, 0.4) is 0 Å². The second-order valence-corrected chi connectivity index (χ2v) is 6.86. The van der Waals surface area contributed by atoms with Crippen molar-refractivity contribution in [3.8, 4) is 5.75 Å². The smallest absolute Gasteiger partial charge is 0.402 e. The Hall–Kier alpha value is -2.68. The highest BCUT2D eigenvalue weighted by molar-refractivity contribution is 7.53. The third-order valence-corrected chi connectivity index (χ3v) is 4.22. The second-order valence-electron chi connectivity index (χ2n) is 5.14. The van der Waals surface area contributed by atoms with Gasteiger partial charge in [0.1, 0.15) is 5.75 Å². The molecule has 0 amide bonds. The second kappa shape index (κ2) is 7.06. The van der Waals surface area contributed by atoms with E-state index in [1.54, 1.807) is 34.9 Å². The molecule has 0 saturated carbocycles. The standard InChI is InChI=1S/C14H16N5O5P/c15-14-17-12-11(13(20)18-14)16-8-19(12)6-7-23-9-25(21,22)24-10-4-2-1-3-5-10/h1-5,8H,6-7,9H2,(H,21,22)(H3,15,17,18,20). The molecule has 3 rings (SSSR count). The Bertz CT molecular complexity index is 971. The Labute approximate surface area is 141 Å². The number of para-hydroxylation sites is 1. The van der Waals surface area contributed by atoms with Crippen LogP contribution in [0, 0.1) is 0 Å². The van der Waals surface area contributed by atoms with Crippen LogP contribution in [0.1, 0.15) is 0 Å². The van der Waals surface area contributed by atoms with Crippen LogP contribution in [0.5, 0.6) is 5.75 Å². The Morgan fingerprint density at radius 3 is 2.84 bits per heavy atom. The first kappa shape index (κ1) is 17.2. The molecule has 3 aromatic rings. The predicted molar refractivity (Wildman–Crippen MR) is 90.3 cm³/mol. The van der Waals surface area contributed by atoms with Crippen molar-refractivity contribution in [3.05, 3.63) is 47.0 Å². The number of hydrogen-bond acceptors (Lipinski definition) is 7. The topological polar surface area (TPSA) is 145 Å². The maximum Gasteiger partial charge on any atom is 0.402 e. The molecule has 1 unspecified atom stereocenters. The molecule has 11 heteroatoms. The number of hydrogen-bond donors (Lipinski definition) is 3. The van der Waals surface area contributed by atoms with E-state index in [0.717, 1.165) is 0 Å². The molecule has 25 heavy (non-hydrogen) atoms. The van der Waals surface area contributed by atoms with Gasteiger partial charge in [-0.2, -0.15) is 4.98 Å². The number of aromatic nitrogens is 4. The zero-order chi connectivity index (χ0) is 17.9. The molecule has 132 valence electrons. The number of H-pyrrole nitrogens is 1. The normalized spacial score (nSPS) is 13.6. The predicted octanol–water partition coefficient (Wildman–Crippen LogP) is 0.940. The number of rotatable bonds is 7. The number of nitrogens with one attached hydrogen (secondary N) is 1. The molecular formula is C14H16N5O5P. The zero-order valence-corrected chi connectivity index (χ0v) is 13.9. The van der Waals surface area contributed by atoms with Gasteiger partial charge in [0.2, 0.25) is 5.95 Å². The van der Waals surface area contributed by atoms with Crippen LogP contribution >= 0.6 is 7.60 Å². The van der Waals surface area contributed by atoms with E-state index in [0.29, 0.717) is 5.65 Å². The van der Waals surface area contributed by atoms with E-state index in [4.69, 9.17) is 15.0 Å². The lowest BCUT2D eigenvalue weighted by molar-refractivity contribution is 0.151. The minimum absolute atomic E-state index is 0.0173. The van der Waals surface area contributed by atoms with Gasteiger partial charge in [0, 0.05) is 6.54 Å². The highest BCUT2D eigenvalue weighted by Crippen LogP contribution is 2.42. The molecule has 0 radical (unpaired) electrons. The summed E-state index contributed by atoms with van der Waals surface area (Å²) in [5.74, 6) is 0.271. The van der Waals surface area contributed by atoms with Gasteiger partial charge in [-0.3, -0.25) is 9.78 Å². The van der Waals surface area contributed by atoms with E-state index in [9.17, 15) is 14.3 Å². The summed E-state index contributed by atoms with van der Waals surface area (Å²) in [5.41, 5.74) is 5.56. The molecule has 4 N–H and O–H groups in total. The average Bonchev–Trinajstić information content (AvgIpc) is 2.95. The Kier molecular flexibility index (Phi) is 4.84. The van der Waals surface area contributed by atoms with Crippen molar-refractivity contribution >= 4 is 24.7 Å². The van der Waals surface area contributed by atoms with E-state index < -0.39 is 19.5 Å². The first-order valence-electron chi connectivity index (χ1n) is 7.29. The molecule has 1 aromatic carbocycles. The van der Waals surface area contributed by atoms with Gasteiger partial charge >= 0.3 is 7.60 Å². The van der Waals surface area contributed by atoms with Crippen LogP contribution in [0.25, 0.3) is 11.2 Å². The fourth-order valence-electron chi connectivity index (χ4n) is 2.15. The molecule has 0 aliphatic carbocycles. The molecule has 0 aliphatic rings. The number of nitrogen functional groups attached to an aromatic ring is 1. The number of nitrogens with two attached hydrogens (primary N) is 1. The lowest BCUT2D eigenvalue weighted by atomic mass is 10.3. The van der Waals surface area contributed by atoms with Crippen LogP contribution in [0.4, 0.5) is 5.95 Å². The first-order valence-corrected chi connectivity index (χ1v) is 9.06. The molecule has 0 aliphatic heterocycles. The van der Waals surface area contributed by atoms with E-state index in [-0.39, 0.29) is 30.4 Å². The highest BCUT2D eigenvalue weighted by Gasteiger charge is 2.21. The highest BCUT2D eigenvalue weighted by atomic mass is 31.2. The molecule has 0 fully saturated rings. The van der Waals surface area contributed by atoms with Gasteiger partial charge in [-0.05, 0) is 12.1 Å². The van der Waals surface area contributed by atoms with Crippen molar-refractivity contribution in [2.24, 2.45) is 0 Å². The third kappa shape index (κ3) is 4.24. The summed E-state index contributed by atoms with van der Waals surface area (Å²) in [6.07, 6.45) is 0.958. The summed E-state index contributed by atoms with van der Waals surface area (Å²) in [4.78, 5) is 31.8. The number of nitrogens with zero attached hydrogens (tertiary/aromatic N) is 3. The fraction of sp³-hybridized carbons (Fsp3) is 0.214. The summed E-state index contributed by atoms with van der Waals surface area (Å²) >= 11 is 0. The van der Waals surface area contributed by atoms with Gasteiger partial charge in [-0.25, -0.2) is 9.55 Å². The van der Waals surface area contributed by atoms with Crippen LogP contribution < -0.4 is 15.8 Å². The summed E-state index contributed by atoms with van der Waals surface area (Å²) in [7, 11) is -3.92. The molecule has 2 heterocycles. The van der Waals surface area contributed by atoms with Gasteiger partial charge in [0.25, 0.3) is 5.56 Å². The third-order valence-electron chi connectivity index (χ3n) is 3.22. The van der Waals surface area contributed by atoms with Crippen molar-refractivity contribution in [1.82, 2.24) is 19.5 Å². The number of fused-ring (bicyclic) bond motifs is 1. The molecule has 0 spiro atoms. The summed E-state index contributed by atoms with van der Waals surface area (Å²) in [6.45, 7) is 0.375. The van der Waals surface area contributed by atoms with E-state index in [1.165, 1.54) is 6.33 Å². The summed E-state index contributed by atoms with van der Waals surface area (Å²) < 4.78 is 23.8.